The number of nitrogens with two attached hydrogens (primary N) is 1. The molecule has 296 valence electrons. The van der Waals surface area contributed by atoms with Crippen LogP contribution in [0.4, 0.5) is 17.6 Å². The lowest BCUT2D eigenvalue weighted by Gasteiger charge is -2.29. The molecule has 4 rings (SSSR count). The number of rotatable bonds is 16. The van der Waals surface area contributed by atoms with Gasteiger partial charge in [0.05, 0.1) is 18.8 Å². The van der Waals surface area contributed by atoms with Crippen LogP contribution in [0.5, 0.6) is 5.75 Å². The summed E-state index contributed by atoms with van der Waals surface area (Å²) in [4.78, 5) is 35.6. The third-order valence-corrected chi connectivity index (χ3v) is 8.97. The number of halogens is 5. The monoisotopic (exact) mass is 782 g/mol. The molecule has 0 spiro atoms. The van der Waals surface area contributed by atoms with Gasteiger partial charge >= 0.3 is 12.1 Å². The van der Waals surface area contributed by atoms with Crippen molar-refractivity contribution in [2.45, 2.75) is 49.9 Å². The first-order valence-corrected chi connectivity index (χ1v) is 17.7. The fourth-order valence-electron chi connectivity index (χ4n) is 5.65. The van der Waals surface area contributed by atoms with Gasteiger partial charge in [0.25, 0.3) is 5.91 Å². The summed E-state index contributed by atoms with van der Waals surface area (Å²) in [5.41, 5.74) is 8.67. The van der Waals surface area contributed by atoms with E-state index in [0.717, 1.165) is 36.8 Å². The van der Waals surface area contributed by atoms with Crippen LogP contribution in [0.25, 0.3) is 11.1 Å². The van der Waals surface area contributed by atoms with Crippen molar-refractivity contribution >= 4 is 29.4 Å². The number of aliphatic carboxylic acids is 1. The highest BCUT2D eigenvalue weighted by atomic mass is 35.5. The summed E-state index contributed by atoms with van der Waals surface area (Å²) in [6.07, 6.45) is -1.06. The Balaban J connectivity index is 0.00000102. The largest absolute Gasteiger partial charge is 0.490 e. The van der Waals surface area contributed by atoms with Crippen molar-refractivity contribution in [2.75, 3.05) is 60.7 Å². The number of hydrogen-bond donors (Lipinski definition) is 4. The van der Waals surface area contributed by atoms with Crippen LogP contribution in [-0.4, -0.2) is 107 Å². The van der Waals surface area contributed by atoms with Crippen LogP contribution in [-0.2, 0) is 19.1 Å². The van der Waals surface area contributed by atoms with Gasteiger partial charge < -0.3 is 40.6 Å². The maximum atomic E-state index is 16.4. The average Bonchev–Trinajstić information content (AvgIpc) is 3.13. The van der Waals surface area contributed by atoms with Crippen molar-refractivity contribution in [1.29, 1.82) is 0 Å². The smallest absolute Gasteiger partial charge is 0.488 e. The van der Waals surface area contributed by atoms with Crippen LogP contribution in [0.1, 0.15) is 53.1 Å². The molecule has 0 aliphatic heterocycles. The molecule has 0 radical (unpaired) electrons. The van der Waals surface area contributed by atoms with Crippen LogP contribution in [0.2, 0.25) is 5.02 Å². The SMILES string of the molecule is COCCOc1ccc(C(=O)NCCOCC(=O)N(C)C)c(-c2cc(C(CNC3CCC(N)CC3)c3ccccc3)ccc2Cl)c1F.O=C(O)C(F)(F)F. The third-order valence-electron chi connectivity index (χ3n) is 8.64. The molecule has 1 fully saturated rings. The molecule has 0 aromatic heterocycles. The molecule has 54 heavy (non-hydrogen) atoms. The lowest BCUT2D eigenvalue weighted by Crippen LogP contribution is -2.39. The number of benzene rings is 3. The number of alkyl halides is 3. The second kappa shape index (κ2) is 21.6. The molecule has 1 saturated carbocycles. The van der Waals surface area contributed by atoms with Gasteiger partial charge in [0.1, 0.15) is 13.2 Å². The van der Waals surface area contributed by atoms with E-state index in [-0.39, 0.29) is 67.7 Å². The van der Waals surface area contributed by atoms with Crippen molar-refractivity contribution in [3.05, 3.63) is 88.2 Å². The van der Waals surface area contributed by atoms with Crippen LogP contribution >= 0.6 is 11.6 Å². The molecule has 16 heteroatoms. The Hall–Kier alpha value is -4.28. The fourth-order valence-corrected chi connectivity index (χ4v) is 5.86. The lowest BCUT2D eigenvalue weighted by molar-refractivity contribution is -0.192. The maximum Gasteiger partial charge on any atom is 0.490 e. The van der Waals surface area contributed by atoms with E-state index >= 15 is 4.39 Å². The molecule has 3 aromatic rings. The van der Waals surface area contributed by atoms with Crippen molar-refractivity contribution in [3.8, 4) is 16.9 Å². The number of nitrogens with one attached hydrogen (secondary N) is 2. The topological polar surface area (TPSA) is 152 Å². The van der Waals surface area contributed by atoms with Crippen molar-refractivity contribution in [2.24, 2.45) is 5.73 Å². The van der Waals surface area contributed by atoms with E-state index in [1.165, 1.54) is 24.1 Å². The highest BCUT2D eigenvalue weighted by Crippen LogP contribution is 2.39. The number of amides is 2. The lowest BCUT2D eigenvalue weighted by atomic mass is 9.87. The summed E-state index contributed by atoms with van der Waals surface area (Å²) >= 11 is 6.78. The zero-order valence-corrected chi connectivity index (χ0v) is 31.1. The van der Waals surface area contributed by atoms with Crippen molar-refractivity contribution < 1.29 is 51.3 Å². The zero-order chi connectivity index (χ0) is 39.8. The number of nitrogens with zero attached hydrogens (tertiary/aromatic N) is 1. The van der Waals surface area contributed by atoms with Gasteiger partial charge in [-0.15, -0.1) is 0 Å². The molecule has 0 bridgehead atoms. The molecule has 0 heterocycles. The average molecular weight is 783 g/mol. The molecule has 11 nitrogen and oxygen atoms in total. The highest BCUT2D eigenvalue weighted by molar-refractivity contribution is 6.33. The Labute approximate surface area is 317 Å². The summed E-state index contributed by atoms with van der Waals surface area (Å²) < 4.78 is 64.2. The predicted molar refractivity (Wildman–Crippen MR) is 196 cm³/mol. The summed E-state index contributed by atoms with van der Waals surface area (Å²) in [6, 6.07) is 19.3. The van der Waals surface area contributed by atoms with E-state index in [2.05, 4.69) is 22.8 Å². The second-order valence-corrected chi connectivity index (χ2v) is 13.2. The number of carbonyl (C=O) groups excluding carboxylic acids is 2. The van der Waals surface area contributed by atoms with Crippen LogP contribution in [0.15, 0.2) is 60.7 Å². The molecule has 1 atom stereocenters. The predicted octanol–water partition coefficient (Wildman–Crippen LogP) is 5.63. The van der Waals surface area contributed by atoms with E-state index in [9.17, 15) is 22.8 Å². The van der Waals surface area contributed by atoms with Gasteiger partial charge in [-0.3, -0.25) is 9.59 Å². The van der Waals surface area contributed by atoms with E-state index in [1.54, 1.807) is 20.2 Å². The number of hydrogen-bond acceptors (Lipinski definition) is 8. The first-order valence-electron chi connectivity index (χ1n) is 17.3. The Bertz CT molecular complexity index is 1670. The normalized spacial score (nSPS) is 16.1. The Morgan fingerprint density at radius 1 is 0.981 bits per heavy atom. The molecule has 3 aromatic carbocycles. The second-order valence-electron chi connectivity index (χ2n) is 12.8. The molecule has 5 N–H and O–H groups in total. The van der Waals surface area contributed by atoms with Crippen molar-refractivity contribution in [3.63, 3.8) is 0 Å². The van der Waals surface area contributed by atoms with Crippen LogP contribution in [0, 0.1) is 5.82 Å². The van der Waals surface area contributed by atoms with E-state index in [0.29, 0.717) is 23.2 Å². The van der Waals surface area contributed by atoms with Crippen LogP contribution in [0.3, 0.4) is 0 Å². The van der Waals surface area contributed by atoms with Crippen LogP contribution < -0.4 is 21.1 Å². The molecule has 1 aliphatic rings. The number of carboxylic acid groups (broad SMARTS) is 1. The minimum Gasteiger partial charge on any atom is -0.488 e. The van der Waals surface area contributed by atoms with Gasteiger partial charge in [0.15, 0.2) is 11.6 Å². The Morgan fingerprint density at radius 2 is 1.65 bits per heavy atom. The van der Waals surface area contributed by atoms with Gasteiger partial charge in [-0.05, 0) is 61.1 Å². The molecular weight excluding hydrogens is 736 g/mol. The molecule has 2 amide bonds. The minimum atomic E-state index is -5.08. The van der Waals surface area contributed by atoms with Gasteiger partial charge in [0, 0.05) is 68.4 Å². The summed E-state index contributed by atoms with van der Waals surface area (Å²) in [6.45, 7) is 1.18. The Kier molecular flexibility index (Phi) is 17.6. The zero-order valence-electron chi connectivity index (χ0n) is 30.4. The standard InChI is InChI=1S/C36H46ClFN4O5.C2HF3O2/c1-42(2)33(43)23-46-18-17-40-36(44)28-14-16-32(47-20-19-45-3)35(38)34(28)29-21-25(9-15-31(29)37)30(24-7-5-4-6-8-24)22-41-27-12-10-26(39)11-13-27;3-2(4,5)1(6)7/h4-9,14-16,21,26-27,30,41H,10-13,17-20,22-23,39H2,1-3H3,(H,40,44);(H,6,7). The minimum absolute atomic E-state index is 0.0163. The van der Waals surface area contributed by atoms with Gasteiger partial charge in [-0.2, -0.15) is 13.2 Å². The molecule has 1 aliphatic carbocycles. The number of ether oxygens (including phenoxy) is 3. The quantitative estimate of drug-likeness (QED) is 0.107. The molecule has 0 saturated heterocycles. The maximum absolute atomic E-state index is 16.4. The first kappa shape index (κ1) is 44.1. The van der Waals surface area contributed by atoms with Crippen molar-refractivity contribution in [1.82, 2.24) is 15.5 Å². The number of likely N-dealkylation sites (N-methyl/N-ethyl adjacent to an activating group) is 1. The van der Waals surface area contributed by atoms with Gasteiger partial charge in [-0.1, -0.05) is 48.0 Å². The van der Waals surface area contributed by atoms with E-state index < -0.39 is 23.9 Å². The van der Waals surface area contributed by atoms with Gasteiger partial charge in [0.2, 0.25) is 5.91 Å². The van der Waals surface area contributed by atoms with Gasteiger partial charge in [-0.25, -0.2) is 9.18 Å². The molecular formula is C38H47ClF4N4O7. The third kappa shape index (κ3) is 13.5. The first-order chi connectivity index (χ1) is 25.6. The van der Waals surface area contributed by atoms with E-state index in [1.807, 2.05) is 30.3 Å². The molecule has 1 unspecified atom stereocenters. The summed E-state index contributed by atoms with van der Waals surface area (Å²) in [7, 11) is 4.81. The van der Waals surface area contributed by atoms with E-state index in [4.69, 9.17) is 41.4 Å². The number of methoxy groups -OCH3 is 1. The Morgan fingerprint density at radius 3 is 2.26 bits per heavy atom. The fraction of sp³-hybridized carbons (Fsp3) is 0.447. The summed E-state index contributed by atoms with van der Waals surface area (Å²) in [5.74, 6) is -4.24. The highest BCUT2D eigenvalue weighted by Gasteiger charge is 2.38. The number of carbonyl (C=O) groups is 3. The number of carboxylic acids is 1. The summed E-state index contributed by atoms with van der Waals surface area (Å²) in [5, 5.41) is 13.9.